The summed E-state index contributed by atoms with van der Waals surface area (Å²) in [5, 5.41) is 12.5. The smallest absolute Gasteiger partial charge is 0.308 e. The van der Waals surface area contributed by atoms with Crippen LogP contribution in [0.1, 0.15) is 5.69 Å². The third-order valence-electron chi connectivity index (χ3n) is 2.97. The molecule has 0 bridgehead atoms. The third-order valence-corrected chi connectivity index (χ3v) is 2.97. The van der Waals surface area contributed by atoms with Crippen LogP contribution in [0.15, 0.2) is 12.3 Å². The fourth-order valence-electron chi connectivity index (χ4n) is 2.02. The first-order chi connectivity index (χ1) is 8.73. The molecule has 1 saturated heterocycles. The summed E-state index contributed by atoms with van der Waals surface area (Å²) in [7, 11) is 0. The molecule has 0 amide bonds. The van der Waals surface area contributed by atoms with Crippen LogP contribution in [0.3, 0.4) is 0 Å². The van der Waals surface area contributed by atoms with Gasteiger partial charge < -0.3 is 5.32 Å². The van der Waals surface area contributed by atoms with Crippen molar-refractivity contribution in [3.63, 3.8) is 0 Å². The van der Waals surface area contributed by atoms with Gasteiger partial charge in [-0.05, 0) is 6.07 Å². The molecule has 1 atom stereocenters. The third kappa shape index (κ3) is 2.08. The monoisotopic (exact) mass is 249 g/mol. The maximum atomic E-state index is 13.1. The molecule has 0 radical (unpaired) electrons. The minimum absolute atomic E-state index is 0.0781. The number of aromatic nitrogens is 2. The largest absolute Gasteiger partial charge is 0.314 e. The number of carbonyl (C=O) groups excluding carboxylic acids is 1. The Morgan fingerprint density at radius 2 is 2.28 bits per heavy atom. The molecule has 1 aromatic heterocycles. The summed E-state index contributed by atoms with van der Waals surface area (Å²) in [5.41, 5.74) is -1.46. The van der Waals surface area contributed by atoms with Crippen molar-refractivity contribution in [1.29, 1.82) is 5.26 Å². The minimum atomic E-state index is -1.54. The van der Waals surface area contributed by atoms with Crippen molar-refractivity contribution in [3.8, 4) is 6.07 Å². The van der Waals surface area contributed by atoms with Crippen LogP contribution < -0.4 is 5.32 Å². The van der Waals surface area contributed by atoms with E-state index in [4.69, 9.17) is 0 Å². The molecular weight excluding hydrogens is 237 g/mol. The molecule has 1 N–H and O–H groups in total. The van der Waals surface area contributed by atoms with Crippen molar-refractivity contribution in [2.75, 3.05) is 26.2 Å². The lowest BCUT2D eigenvalue weighted by atomic mass is 9.95. The first-order valence-corrected chi connectivity index (χ1v) is 5.55. The van der Waals surface area contributed by atoms with Gasteiger partial charge in [-0.25, -0.2) is 9.97 Å². The fourth-order valence-corrected chi connectivity index (χ4v) is 2.02. The molecule has 7 heteroatoms. The van der Waals surface area contributed by atoms with Crippen LogP contribution in [0.25, 0.3) is 0 Å². The average molecular weight is 249 g/mol. The Kier molecular flexibility index (Phi) is 3.60. The number of carbonyl (C=O) groups is 1. The predicted molar refractivity (Wildman–Crippen MR) is 59.8 cm³/mol. The van der Waals surface area contributed by atoms with Gasteiger partial charge in [-0.15, -0.1) is 0 Å². The molecule has 1 aromatic rings. The first-order valence-electron chi connectivity index (χ1n) is 5.55. The van der Waals surface area contributed by atoms with E-state index in [-0.39, 0.29) is 5.69 Å². The molecular formula is C11H12FN5O. The number of halogens is 1. The number of nitrogens with one attached hydrogen (secondary N) is 1. The molecule has 1 unspecified atom stereocenters. The topological polar surface area (TPSA) is 81.9 Å². The Morgan fingerprint density at radius 3 is 2.83 bits per heavy atom. The summed E-state index contributed by atoms with van der Waals surface area (Å²) in [6, 6.07) is 3.34. The van der Waals surface area contributed by atoms with Gasteiger partial charge in [0.1, 0.15) is 0 Å². The van der Waals surface area contributed by atoms with Gasteiger partial charge in [0, 0.05) is 32.4 Å². The van der Waals surface area contributed by atoms with Gasteiger partial charge in [0.15, 0.2) is 6.29 Å². The van der Waals surface area contributed by atoms with E-state index < -0.39 is 11.6 Å². The highest BCUT2D eigenvalue weighted by molar-refractivity contribution is 5.71. The molecule has 0 aliphatic carbocycles. The molecule has 2 heterocycles. The summed E-state index contributed by atoms with van der Waals surface area (Å²) < 4.78 is 13.1. The Bertz CT molecular complexity index is 483. The van der Waals surface area contributed by atoms with E-state index in [0.29, 0.717) is 32.5 Å². The summed E-state index contributed by atoms with van der Waals surface area (Å²) in [5.74, 6) is 0. The number of nitriles is 1. The van der Waals surface area contributed by atoms with Crippen LogP contribution in [0.5, 0.6) is 0 Å². The highest BCUT2D eigenvalue weighted by Gasteiger charge is 2.41. The molecule has 18 heavy (non-hydrogen) atoms. The van der Waals surface area contributed by atoms with E-state index in [1.54, 1.807) is 4.90 Å². The van der Waals surface area contributed by atoms with Crippen molar-refractivity contribution in [1.82, 2.24) is 20.2 Å². The second-order valence-electron chi connectivity index (χ2n) is 3.94. The van der Waals surface area contributed by atoms with Gasteiger partial charge >= 0.3 is 6.08 Å². The maximum absolute atomic E-state index is 13.1. The Labute approximate surface area is 103 Å². The molecule has 1 aliphatic rings. The Balaban J connectivity index is 2.43. The Hall–Kier alpha value is -1.91. The fraction of sp³-hybridized carbons (Fsp3) is 0.455. The van der Waals surface area contributed by atoms with Crippen molar-refractivity contribution in [2.24, 2.45) is 0 Å². The van der Waals surface area contributed by atoms with Gasteiger partial charge in [-0.3, -0.25) is 9.69 Å². The van der Waals surface area contributed by atoms with E-state index in [1.807, 2.05) is 6.07 Å². The highest BCUT2D eigenvalue weighted by Crippen LogP contribution is 2.24. The second kappa shape index (κ2) is 5.16. The first kappa shape index (κ1) is 12.5. The average Bonchev–Trinajstić information content (AvgIpc) is 2.42. The van der Waals surface area contributed by atoms with Crippen molar-refractivity contribution < 1.29 is 9.18 Å². The summed E-state index contributed by atoms with van der Waals surface area (Å²) in [6.45, 7) is 2.39. The van der Waals surface area contributed by atoms with E-state index >= 15 is 0 Å². The SMILES string of the molecule is N#CC(C=O)(c1ccnc(F)n1)N1CCNCC1. The van der Waals surface area contributed by atoms with E-state index in [0.717, 1.165) is 0 Å². The van der Waals surface area contributed by atoms with Crippen LogP contribution in [-0.4, -0.2) is 47.3 Å². The number of hydrogen-bond donors (Lipinski definition) is 1. The van der Waals surface area contributed by atoms with Gasteiger partial charge in [0.2, 0.25) is 5.54 Å². The van der Waals surface area contributed by atoms with Gasteiger partial charge in [-0.2, -0.15) is 9.65 Å². The molecule has 0 saturated carbocycles. The van der Waals surface area contributed by atoms with Crippen LogP contribution in [-0.2, 0) is 10.3 Å². The zero-order chi connectivity index (χ0) is 13.0. The number of aldehydes is 1. The quantitative estimate of drug-likeness (QED) is 0.571. The molecule has 0 spiro atoms. The van der Waals surface area contributed by atoms with E-state index in [9.17, 15) is 14.4 Å². The molecule has 2 rings (SSSR count). The van der Waals surface area contributed by atoms with Crippen molar-refractivity contribution >= 4 is 6.29 Å². The molecule has 94 valence electrons. The molecule has 1 aliphatic heterocycles. The normalized spacial score (nSPS) is 19.8. The van der Waals surface area contributed by atoms with Crippen LogP contribution in [0.2, 0.25) is 0 Å². The van der Waals surface area contributed by atoms with Crippen LogP contribution in [0, 0.1) is 17.4 Å². The van der Waals surface area contributed by atoms with Crippen LogP contribution in [0.4, 0.5) is 4.39 Å². The van der Waals surface area contributed by atoms with E-state index in [2.05, 4.69) is 15.3 Å². The highest BCUT2D eigenvalue weighted by atomic mass is 19.1. The summed E-state index contributed by atoms with van der Waals surface area (Å²) in [4.78, 5) is 20.0. The zero-order valence-electron chi connectivity index (χ0n) is 9.64. The van der Waals surface area contributed by atoms with Crippen molar-refractivity contribution in [3.05, 3.63) is 24.0 Å². The van der Waals surface area contributed by atoms with Crippen molar-refractivity contribution in [2.45, 2.75) is 5.54 Å². The number of nitrogens with zero attached hydrogens (tertiary/aromatic N) is 4. The van der Waals surface area contributed by atoms with Gasteiger partial charge in [0.05, 0.1) is 11.8 Å². The lowest BCUT2D eigenvalue weighted by Gasteiger charge is -2.36. The van der Waals surface area contributed by atoms with Gasteiger partial charge in [-0.1, -0.05) is 0 Å². The minimum Gasteiger partial charge on any atom is -0.314 e. The van der Waals surface area contributed by atoms with Gasteiger partial charge in [0.25, 0.3) is 0 Å². The lowest BCUT2D eigenvalue weighted by Crippen LogP contribution is -2.55. The van der Waals surface area contributed by atoms with E-state index in [1.165, 1.54) is 12.3 Å². The van der Waals surface area contributed by atoms with Crippen LogP contribution >= 0.6 is 0 Å². The predicted octanol–water partition coefficient (Wildman–Crippen LogP) is -0.561. The standard InChI is InChI=1S/C11H12FN5O/c12-10-15-2-1-9(16-10)11(7-13,8-18)17-5-3-14-4-6-17/h1-2,8,14H,3-6H2. The number of piperazine rings is 1. The number of hydrogen-bond acceptors (Lipinski definition) is 6. The number of rotatable bonds is 3. The maximum Gasteiger partial charge on any atom is 0.308 e. The summed E-state index contributed by atoms with van der Waals surface area (Å²) in [6.07, 6.45) is 0.777. The molecule has 0 aromatic carbocycles. The zero-order valence-corrected chi connectivity index (χ0v) is 9.64. The lowest BCUT2D eigenvalue weighted by molar-refractivity contribution is -0.116. The molecule has 1 fully saturated rings. The second-order valence-corrected chi connectivity index (χ2v) is 3.94. The Morgan fingerprint density at radius 1 is 1.56 bits per heavy atom. The summed E-state index contributed by atoms with van der Waals surface area (Å²) >= 11 is 0. The molecule has 6 nitrogen and oxygen atoms in total.